The average Bonchev–Trinajstić information content (AvgIpc) is 3.32. The molecule has 2 aliphatic carbocycles. The van der Waals surface area contributed by atoms with Gasteiger partial charge in [-0.3, -0.25) is 4.79 Å². The molecule has 2 saturated carbocycles. The van der Waals surface area contributed by atoms with Crippen molar-refractivity contribution in [2.24, 2.45) is 17.8 Å². The van der Waals surface area contributed by atoms with E-state index < -0.39 is 12.1 Å². The highest BCUT2D eigenvalue weighted by molar-refractivity contribution is 5.84. The van der Waals surface area contributed by atoms with Crippen molar-refractivity contribution in [1.29, 1.82) is 0 Å². The molecule has 2 fully saturated rings. The second-order valence-electron chi connectivity index (χ2n) is 9.12. The van der Waals surface area contributed by atoms with Crippen LogP contribution < -0.4 is 0 Å². The van der Waals surface area contributed by atoms with Gasteiger partial charge in [-0.25, -0.2) is 9.18 Å². The maximum absolute atomic E-state index is 13.1. The number of Topliss-reactive ketones (excluding diaryl/α,β-unsaturated/α-hetero) is 1. The molecule has 2 aliphatic rings. The molecular formula is C23H39FO5. The number of aliphatic carboxylic acids is 1. The summed E-state index contributed by atoms with van der Waals surface area (Å²) in [5, 5.41) is 19.0. The van der Waals surface area contributed by atoms with E-state index in [9.17, 15) is 19.1 Å². The van der Waals surface area contributed by atoms with Crippen LogP contribution in [0.15, 0.2) is 0 Å². The fraction of sp³-hybridized carbons (Fsp3) is 0.913. The van der Waals surface area contributed by atoms with Crippen LogP contribution in [0, 0.1) is 17.8 Å². The van der Waals surface area contributed by atoms with E-state index in [1.54, 1.807) is 7.11 Å². The smallest absolute Gasteiger partial charge is 0.338 e. The normalized spacial score (nSPS) is 27.4. The molecule has 29 heavy (non-hydrogen) atoms. The standard InChI is InChI=1S/C23H39FO5/c1-29-22-15-21(26)18(9-3-2-4-10-20(24)23(27)28)19(22)14-13-17(25)12-11-16-7-5-6-8-16/h16-20,22,25H,2-15H2,1H3,(H,27,28)/t17?,18-,19-,20?,22-/m1/s1. The third-order valence-electron chi connectivity index (χ3n) is 7.07. The van der Waals surface area contributed by atoms with Crippen molar-refractivity contribution in [2.45, 2.75) is 108 Å². The number of ether oxygens (including phenoxy) is 1. The lowest BCUT2D eigenvalue weighted by atomic mass is 9.84. The molecule has 5 atom stereocenters. The maximum atomic E-state index is 13.1. The minimum absolute atomic E-state index is 0.0330. The van der Waals surface area contributed by atoms with Crippen molar-refractivity contribution in [3.63, 3.8) is 0 Å². The molecule has 0 spiro atoms. The zero-order chi connectivity index (χ0) is 21.2. The Morgan fingerprint density at radius 1 is 1.10 bits per heavy atom. The molecule has 168 valence electrons. The van der Waals surface area contributed by atoms with E-state index in [0.717, 1.165) is 44.4 Å². The van der Waals surface area contributed by atoms with Crippen LogP contribution in [0.5, 0.6) is 0 Å². The fourth-order valence-corrected chi connectivity index (χ4v) is 5.26. The lowest BCUT2D eigenvalue weighted by Crippen LogP contribution is -2.24. The topological polar surface area (TPSA) is 83.8 Å². The van der Waals surface area contributed by atoms with Gasteiger partial charge in [0, 0.05) is 19.4 Å². The molecule has 0 bridgehead atoms. The van der Waals surface area contributed by atoms with Crippen LogP contribution in [0.3, 0.4) is 0 Å². The molecule has 0 aromatic rings. The molecular weight excluding hydrogens is 375 g/mol. The largest absolute Gasteiger partial charge is 0.479 e. The number of unbranched alkanes of at least 4 members (excludes halogenated alkanes) is 2. The van der Waals surface area contributed by atoms with E-state index >= 15 is 0 Å². The van der Waals surface area contributed by atoms with Crippen molar-refractivity contribution in [2.75, 3.05) is 7.11 Å². The first kappa shape index (κ1) is 24.3. The molecule has 0 heterocycles. The highest BCUT2D eigenvalue weighted by atomic mass is 19.1. The lowest BCUT2D eigenvalue weighted by Gasteiger charge is -2.24. The zero-order valence-electron chi connectivity index (χ0n) is 17.9. The van der Waals surface area contributed by atoms with E-state index in [4.69, 9.17) is 9.84 Å². The summed E-state index contributed by atoms with van der Waals surface area (Å²) < 4.78 is 18.7. The summed E-state index contributed by atoms with van der Waals surface area (Å²) >= 11 is 0. The Hall–Kier alpha value is -1.01. The van der Waals surface area contributed by atoms with Crippen LogP contribution in [0.25, 0.3) is 0 Å². The average molecular weight is 415 g/mol. The Kier molecular flexibility index (Phi) is 10.6. The number of carboxylic acid groups (broad SMARTS) is 1. The number of alkyl halides is 1. The van der Waals surface area contributed by atoms with E-state index in [2.05, 4.69) is 0 Å². The van der Waals surface area contributed by atoms with Gasteiger partial charge in [-0.15, -0.1) is 0 Å². The number of halogens is 1. The Balaban J connectivity index is 1.72. The first-order chi connectivity index (χ1) is 13.9. The Morgan fingerprint density at radius 2 is 1.79 bits per heavy atom. The Morgan fingerprint density at radius 3 is 2.45 bits per heavy atom. The third kappa shape index (κ3) is 7.97. The number of hydrogen-bond donors (Lipinski definition) is 2. The van der Waals surface area contributed by atoms with Crippen molar-refractivity contribution in [3.8, 4) is 0 Å². The molecule has 2 unspecified atom stereocenters. The molecule has 0 saturated heterocycles. The number of aliphatic hydroxyl groups is 1. The highest BCUT2D eigenvalue weighted by Gasteiger charge is 2.41. The van der Waals surface area contributed by atoms with Gasteiger partial charge >= 0.3 is 5.97 Å². The lowest BCUT2D eigenvalue weighted by molar-refractivity contribution is -0.143. The highest BCUT2D eigenvalue weighted by Crippen LogP contribution is 2.38. The number of methoxy groups -OCH3 is 1. The van der Waals surface area contributed by atoms with Gasteiger partial charge in [-0.2, -0.15) is 0 Å². The van der Waals surface area contributed by atoms with E-state index in [-0.39, 0.29) is 36.2 Å². The first-order valence-corrected chi connectivity index (χ1v) is 11.5. The molecule has 0 amide bonds. The molecule has 5 nitrogen and oxygen atoms in total. The number of aliphatic hydroxyl groups excluding tert-OH is 1. The quantitative estimate of drug-likeness (QED) is 0.403. The van der Waals surface area contributed by atoms with Crippen molar-refractivity contribution in [3.05, 3.63) is 0 Å². The molecule has 0 aliphatic heterocycles. The predicted molar refractivity (Wildman–Crippen MR) is 109 cm³/mol. The number of carbonyl (C=O) groups excluding carboxylic acids is 1. The van der Waals surface area contributed by atoms with Crippen molar-refractivity contribution >= 4 is 11.8 Å². The molecule has 2 N–H and O–H groups in total. The molecule has 0 radical (unpaired) electrons. The summed E-state index contributed by atoms with van der Waals surface area (Å²) in [5.41, 5.74) is 0. The number of hydrogen-bond acceptors (Lipinski definition) is 4. The van der Waals surface area contributed by atoms with Gasteiger partial charge in [0.05, 0.1) is 12.2 Å². The summed E-state index contributed by atoms with van der Waals surface area (Å²) in [4.78, 5) is 23.0. The summed E-state index contributed by atoms with van der Waals surface area (Å²) in [6.07, 6.45) is 9.80. The van der Waals surface area contributed by atoms with Gasteiger partial charge in [0.2, 0.25) is 0 Å². The van der Waals surface area contributed by atoms with Gasteiger partial charge in [0.1, 0.15) is 5.78 Å². The van der Waals surface area contributed by atoms with Crippen molar-refractivity contribution < 1.29 is 28.9 Å². The van der Waals surface area contributed by atoms with E-state index in [1.165, 1.54) is 25.7 Å². The minimum atomic E-state index is -1.79. The second-order valence-corrected chi connectivity index (χ2v) is 9.12. The first-order valence-electron chi connectivity index (χ1n) is 11.5. The predicted octanol–water partition coefficient (Wildman–Crippen LogP) is 4.69. The zero-order valence-corrected chi connectivity index (χ0v) is 17.9. The van der Waals surface area contributed by atoms with Gasteiger partial charge in [0.15, 0.2) is 6.17 Å². The SMILES string of the molecule is CO[C@@H]1CC(=O)[C@H](CCCCCC(F)C(=O)O)[C@H]1CCC(O)CCC1CCCC1. The second kappa shape index (κ2) is 12.6. The fourth-order valence-electron chi connectivity index (χ4n) is 5.26. The van der Waals surface area contributed by atoms with Gasteiger partial charge in [-0.1, -0.05) is 38.5 Å². The maximum Gasteiger partial charge on any atom is 0.338 e. The molecule has 2 rings (SSSR count). The molecule has 0 aromatic carbocycles. The monoisotopic (exact) mass is 414 g/mol. The van der Waals surface area contributed by atoms with Crippen LogP contribution >= 0.6 is 0 Å². The van der Waals surface area contributed by atoms with Crippen molar-refractivity contribution in [1.82, 2.24) is 0 Å². The van der Waals surface area contributed by atoms with Crippen LogP contribution in [-0.4, -0.2) is 47.5 Å². The summed E-state index contributed by atoms with van der Waals surface area (Å²) in [6.45, 7) is 0. The number of carboxylic acids is 1. The van der Waals surface area contributed by atoms with Crippen LogP contribution in [0.4, 0.5) is 4.39 Å². The summed E-state index contributed by atoms with van der Waals surface area (Å²) in [5.74, 6) is -0.298. The summed E-state index contributed by atoms with van der Waals surface area (Å²) in [7, 11) is 1.65. The summed E-state index contributed by atoms with van der Waals surface area (Å²) in [6, 6.07) is 0. The Labute approximate surface area is 174 Å². The van der Waals surface area contributed by atoms with Crippen LogP contribution in [0.2, 0.25) is 0 Å². The Bertz CT molecular complexity index is 505. The number of rotatable bonds is 14. The molecule has 6 heteroatoms. The van der Waals surface area contributed by atoms with Gasteiger partial charge in [-0.05, 0) is 56.8 Å². The van der Waals surface area contributed by atoms with Gasteiger partial charge < -0.3 is 14.9 Å². The van der Waals surface area contributed by atoms with E-state index in [1.807, 2.05) is 0 Å². The number of carbonyl (C=O) groups is 2. The number of ketones is 1. The van der Waals surface area contributed by atoms with Gasteiger partial charge in [0.25, 0.3) is 0 Å². The van der Waals surface area contributed by atoms with Crippen LogP contribution in [-0.2, 0) is 14.3 Å². The van der Waals surface area contributed by atoms with Crippen LogP contribution in [0.1, 0.15) is 89.9 Å². The third-order valence-corrected chi connectivity index (χ3v) is 7.07. The van der Waals surface area contributed by atoms with E-state index in [0.29, 0.717) is 19.3 Å². The molecule has 0 aromatic heterocycles. The minimum Gasteiger partial charge on any atom is -0.479 e.